The lowest BCUT2D eigenvalue weighted by molar-refractivity contribution is 0.166. The second kappa shape index (κ2) is 10.2. The first-order chi connectivity index (χ1) is 12.9. The Kier molecular flexibility index (Phi) is 8.30. The maximum Gasteiger partial charge on any atom is 0.208 e. The highest BCUT2D eigenvalue weighted by molar-refractivity contribution is 14.0. The molecule has 1 aromatic heterocycles. The largest absolute Gasteiger partial charge is 0.444 e. The fraction of sp³-hybridized carbons (Fsp3) is 0.524. The summed E-state index contributed by atoms with van der Waals surface area (Å²) in [6.07, 6.45) is 2.25. The van der Waals surface area contributed by atoms with Crippen molar-refractivity contribution in [3.63, 3.8) is 0 Å². The number of guanidine groups is 1. The molecule has 1 saturated heterocycles. The molecule has 0 amide bonds. The molecule has 0 saturated carbocycles. The Morgan fingerprint density at radius 3 is 2.39 bits per heavy atom. The Hall–Kier alpha value is -1.61. The van der Waals surface area contributed by atoms with E-state index in [0.717, 1.165) is 62.1 Å². The van der Waals surface area contributed by atoms with Crippen molar-refractivity contribution < 1.29 is 4.42 Å². The van der Waals surface area contributed by atoms with Gasteiger partial charge in [-0.2, -0.15) is 0 Å². The predicted molar refractivity (Wildman–Crippen MR) is 125 cm³/mol. The zero-order valence-electron chi connectivity index (χ0n) is 17.3. The van der Waals surface area contributed by atoms with Gasteiger partial charge in [-0.25, -0.2) is 4.98 Å². The van der Waals surface area contributed by atoms with Gasteiger partial charge in [0.05, 0.1) is 12.2 Å². The van der Waals surface area contributed by atoms with Gasteiger partial charge in [0.15, 0.2) is 5.96 Å². The van der Waals surface area contributed by atoms with Crippen molar-refractivity contribution in [2.45, 2.75) is 47.1 Å². The van der Waals surface area contributed by atoms with E-state index >= 15 is 0 Å². The van der Waals surface area contributed by atoms with E-state index < -0.39 is 0 Å². The van der Waals surface area contributed by atoms with Crippen molar-refractivity contribution in [2.75, 3.05) is 25.0 Å². The molecule has 0 atom stereocenters. The van der Waals surface area contributed by atoms with E-state index in [1.54, 1.807) is 0 Å². The molecule has 0 unspecified atom stereocenters. The number of anilines is 1. The highest BCUT2D eigenvalue weighted by Crippen LogP contribution is 2.20. The average molecular weight is 497 g/mol. The van der Waals surface area contributed by atoms with E-state index in [0.29, 0.717) is 11.9 Å². The number of likely N-dealkylation sites (tertiary alicyclic amines) is 1. The van der Waals surface area contributed by atoms with E-state index in [1.807, 2.05) is 13.8 Å². The predicted octanol–water partition coefficient (Wildman–Crippen LogP) is 4.17. The summed E-state index contributed by atoms with van der Waals surface area (Å²) in [6, 6.07) is 6.31. The maximum absolute atomic E-state index is 6.08. The number of oxazole rings is 1. The molecular formula is C21H32IN5O. The number of aliphatic imine (C=N–C) groups is 1. The third-order valence-electron chi connectivity index (χ3n) is 5.15. The Morgan fingerprint density at radius 2 is 1.82 bits per heavy atom. The number of nitrogens with one attached hydrogen (secondary N) is 1. The molecule has 2 aromatic rings. The van der Waals surface area contributed by atoms with Crippen molar-refractivity contribution in [1.82, 2.24) is 9.88 Å². The van der Waals surface area contributed by atoms with Crippen LogP contribution in [-0.2, 0) is 6.54 Å². The number of hydrogen-bond donors (Lipinski definition) is 2. The van der Waals surface area contributed by atoms with E-state index in [-0.39, 0.29) is 24.0 Å². The van der Waals surface area contributed by atoms with Crippen molar-refractivity contribution in [1.29, 1.82) is 0 Å². The van der Waals surface area contributed by atoms with Crippen LogP contribution in [0.5, 0.6) is 0 Å². The molecule has 0 bridgehead atoms. The van der Waals surface area contributed by atoms with Crippen LogP contribution in [0.15, 0.2) is 27.6 Å². The lowest BCUT2D eigenvalue weighted by Crippen LogP contribution is -2.34. The minimum Gasteiger partial charge on any atom is -0.444 e. The number of halogens is 1. The van der Waals surface area contributed by atoms with Crippen LogP contribution >= 0.6 is 24.0 Å². The molecule has 0 spiro atoms. The van der Waals surface area contributed by atoms with Gasteiger partial charge in [0.1, 0.15) is 5.76 Å². The smallest absolute Gasteiger partial charge is 0.208 e. The summed E-state index contributed by atoms with van der Waals surface area (Å²) in [7, 11) is 0. The van der Waals surface area contributed by atoms with Crippen LogP contribution in [0.3, 0.4) is 0 Å². The minimum atomic E-state index is 0. The normalized spacial score (nSPS) is 16.1. The fourth-order valence-electron chi connectivity index (χ4n) is 3.59. The number of aryl methyl sites for hydroxylation is 4. The molecular weight excluding hydrogens is 465 g/mol. The number of hydrogen-bond acceptors (Lipinski definition) is 4. The highest BCUT2D eigenvalue weighted by Gasteiger charge is 2.20. The summed E-state index contributed by atoms with van der Waals surface area (Å²) in [6.45, 7) is 11.8. The highest BCUT2D eigenvalue weighted by atomic mass is 127. The SMILES string of the molecule is Cc1cc(C)cc(NC(N)=NCC2CCN(Cc3nc(C)c(C)o3)CC2)c1.I. The molecule has 1 fully saturated rings. The summed E-state index contributed by atoms with van der Waals surface area (Å²) in [5.41, 5.74) is 10.5. The lowest BCUT2D eigenvalue weighted by atomic mass is 9.97. The van der Waals surface area contributed by atoms with Gasteiger partial charge in [0.25, 0.3) is 0 Å². The molecule has 0 radical (unpaired) electrons. The van der Waals surface area contributed by atoms with Gasteiger partial charge in [-0.05, 0) is 82.8 Å². The molecule has 28 heavy (non-hydrogen) atoms. The third-order valence-corrected chi connectivity index (χ3v) is 5.15. The van der Waals surface area contributed by atoms with Crippen LogP contribution in [0.1, 0.15) is 41.3 Å². The van der Waals surface area contributed by atoms with Crippen LogP contribution in [0, 0.1) is 33.6 Å². The Bertz CT molecular complexity index is 769. The number of nitrogens with two attached hydrogens (primary N) is 1. The van der Waals surface area contributed by atoms with Crippen LogP contribution in [0.25, 0.3) is 0 Å². The van der Waals surface area contributed by atoms with Crippen LogP contribution in [-0.4, -0.2) is 35.5 Å². The van der Waals surface area contributed by atoms with E-state index in [4.69, 9.17) is 10.2 Å². The second-order valence-electron chi connectivity index (χ2n) is 7.70. The van der Waals surface area contributed by atoms with Gasteiger partial charge in [-0.3, -0.25) is 9.89 Å². The molecule has 1 aliphatic heterocycles. The summed E-state index contributed by atoms with van der Waals surface area (Å²) < 4.78 is 5.70. The standard InChI is InChI=1S/C21H31N5O.HI/c1-14-9-15(2)11-19(10-14)25-21(22)23-12-18-5-7-26(8-6-18)13-20-24-16(3)17(4)27-20;/h9-11,18H,5-8,12-13H2,1-4H3,(H3,22,23,25);1H. The molecule has 3 N–H and O–H groups in total. The van der Waals surface area contributed by atoms with Crippen molar-refractivity contribution in [2.24, 2.45) is 16.6 Å². The van der Waals surface area contributed by atoms with Gasteiger partial charge in [-0.15, -0.1) is 24.0 Å². The zero-order valence-corrected chi connectivity index (χ0v) is 19.6. The molecule has 3 rings (SSSR count). The van der Waals surface area contributed by atoms with Crippen LogP contribution < -0.4 is 11.1 Å². The summed E-state index contributed by atoms with van der Waals surface area (Å²) in [5, 5.41) is 3.21. The van der Waals surface area contributed by atoms with Gasteiger partial charge in [0.2, 0.25) is 5.89 Å². The van der Waals surface area contributed by atoms with E-state index in [9.17, 15) is 0 Å². The van der Waals surface area contributed by atoms with Gasteiger partial charge < -0.3 is 15.5 Å². The average Bonchev–Trinajstić information content (AvgIpc) is 2.91. The number of rotatable bonds is 5. The van der Waals surface area contributed by atoms with Gasteiger partial charge >= 0.3 is 0 Å². The summed E-state index contributed by atoms with van der Waals surface area (Å²) in [4.78, 5) is 11.4. The molecule has 2 heterocycles. The first-order valence-electron chi connectivity index (χ1n) is 9.69. The van der Waals surface area contributed by atoms with E-state index in [2.05, 4.69) is 52.2 Å². The maximum atomic E-state index is 6.08. The molecule has 154 valence electrons. The van der Waals surface area contributed by atoms with Gasteiger partial charge in [0, 0.05) is 12.2 Å². The van der Waals surface area contributed by atoms with Crippen LogP contribution in [0.4, 0.5) is 5.69 Å². The Balaban J connectivity index is 0.00000280. The summed E-state index contributed by atoms with van der Waals surface area (Å²) in [5.74, 6) is 2.81. The lowest BCUT2D eigenvalue weighted by Gasteiger charge is -2.30. The Labute approximate surface area is 185 Å². The topological polar surface area (TPSA) is 79.7 Å². The van der Waals surface area contributed by atoms with Crippen molar-refractivity contribution >= 4 is 35.6 Å². The van der Waals surface area contributed by atoms with Gasteiger partial charge in [-0.1, -0.05) is 6.07 Å². The molecule has 0 aliphatic carbocycles. The van der Waals surface area contributed by atoms with Crippen LogP contribution in [0.2, 0.25) is 0 Å². The number of piperidine rings is 1. The van der Waals surface area contributed by atoms with E-state index in [1.165, 1.54) is 11.1 Å². The zero-order chi connectivity index (χ0) is 19.4. The second-order valence-corrected chi connectivity index (χ2v) is 7.70. The number of benzene rings is 1. The minimum absolute atomic E-state index is 0. The fourth-order valence-corrected chi connectivity index (χ4v) is 3.59. The first-order valence-corrected chi connectivity index (χ1v) is 9.69. The van der Waals surface area contributed by atoms with Crippen molar-refractivity contribution in [3.8, 4) is 0 Å². The number of nitrogens with zero attached hydrogens (tertiary/aromatic N) is 3. The van der Waals surface area contributed by atoms with Crippen molar-refractivity contribution in [3.05, 3.63) is 46.7 Å². The third kappa shape index (κ3) is 6.48. The molecule has 1 aromatic carbocycles. The molecule has 7 heteroatoms. The Morgan fingerprint density at radius 1 is 1.18 bits per heavy atom. The monoisotopic (exact) mass is 497 g/mol. The quantitative estimate of drug-likeness (QED) is 0.369. The summed E-state index contributed by atoms with van der Waals surface area (Å²) >= 11 is 0. The molecule has 6 nitrogen and oxygen atoms in total. The number of aromatic nitrogens is 1. The first kappa shape index (κ1) is 22.7. The molecule has 1 aliphatic rings.